The number of rotatable bonds is 7. The number of halogens is 4. The summed E-state index contributed by atoms with van der Waals surface area (Å²) in [6.45, 7) is 1.85. The Balaban J connectivity index is 0.00000264. The van der Waals surface area contributed by atoms with Crippen LogP contribution in [0, 0.1) is 17.5 Å². The molecule has 0 spiro atoms. The minimum atomic E-state index is -1.17. The molecule has 126 valence electrons. The summed E-state index contributed by atoms with van der Waals surface area (Å²) in [6, 6.07) is 11.4. The van der Waals surface area contributed by atoms with Crippen molar-refractivity contribution >= 4 is 12.4 Å². The van der Waals surface area contributed by atoms with Crippen LogP contribution < -0.4 is 5.73 Å². The monoisotopic (exact) mass is 344 g/mol. The smallest absolute Gasteiger partial charge is 0.161 e. The van der Waals surface area contributed by atoms with E-state index in [1.807, 2.05) is 35.2 Å². The lowest BCUT2D eigenvalue weighted by Gasteiger charge is -2.22. The summed E-state index contributed by atoms with van der Waals surface area (Å²) in [5.41, 5.74) is 6.88. The zero-order chi connectivity index (χ0) is 15.9. The highest BCUT2D eigenvalue weighted by Crippen LogP contribution is 2.16. The van der Waals surface area contributed by atoms with E-state index < -0.39 is 17.5 Å². The Morgan fingerprint density at radius 2 is 1.52 bits per heavy atom. The van der Waals surface area contributed by atoms with E-state index in [4.69, 9.17) is 5.73 Å². The van der Waals surface area contributed by atoms with E-state index >= 15 is 0 Å². The van der Waals surface area contributed by atoms with Crippen molar-refractivity contribution in [2.75, 3.05) is 19.6 Å². The molecule has 0 radical (unpaired) electrons. The van der Waals surface area contributed by atoms with E-state index in [9.17, 15) is 13.2 Å². The zero-order valence-electron chi connectivity index (χ0n) is 12.6. The number of nitrogens with two attached hydrogens (primary N) is 1. The first-order valence-electron chi connectivity index (χ1n) is 7.20. The Kier molecular flexibility index (Phi) is 8.09. The van der Waals surface area contributed by atoms with Crippen LogP contribution in [0.4, 0.5) is 13.2 Å². The van der Waals surface area contributed by atoms with Crippen molar-refractivity contribution in [2.24, 2.45) is 5.73 Å². The summed E-state index contributed by atoms with van der Waals surface area (Å²) in [6.07, 6.45) is 0.784. The molecule has 0 aromatic heterocycles. The van der Waals surface area contributed by atoms with Crippen LogP contribution in [0.5, 0.6) is 0 Å². The predicted octanol–water partition coefficient (Wildman–Crippen LogP) is 3.53. The molecule has 0 bridgehead atoms. The van der Waals surface area contributed by atoms with Gasteiger partial charge in [0.05, 0.1) is 0 Å². The lowest BCUT2D eigenvalue weighted by atomic mass is 10.1. The van der Waals surface area contributed by atoms with E-state index in [2.05, 4.69) is 0 Å². The molecule has 0 amide bonds. The molecule has 0 fully saturated rings. The quantitative estimate of drug-likeness (QED) is 0.779. The van der Waals surface area contributed by atoms with E-state index in [1.54, 1.807) is 0 Å². The van der Waals surface area contributed by atoms with Gasteiger partial charge in [0, 0.05) is 37.8 Å². The predicted molar refractivity (Wildman–Crippen MR) is 88.0 cm³/mol. The van der Waals surface area contributed by atoms with Crippen LogP contribution in [0.25, 0.3) is 0 Å². The van der Waals surface area contributed by atoms with Gasteiger partial charge in [0.15, 0.2) is 11.6 Å². The van der Waals surface area contributed by atoms with Crippen LogP contribution >= 0.6 is 12.4 Å². The molecule has 2 aromatic carbocycles. The van der Waals surface area contributed by atoms with Gasteiger partial charge in [-0.15, -0.1) is 12.4 Å². The first kappa shape index (κ1) is 19.5. The maximum atomic E-state index is 13.7. The van der Waals surface area contributed by atoms with Gasteiger partial charge in [0.1, 0.15) is 5.82 Å². The van der Waals surface area contributed by atoms with Crippen molar-refractivity contribution in [3.05, 3.63) is 71.0 Å². The third-order valence-electron chi connectivity index (χ3n) is 3.49. The molecule has 2 nitrogen and oxygen atoms in total. The standard InChI is InChI=1S/C17H19F3N2.ClH/c18-15-11-17(20)16(19)10-14(15)12-22(9-7-21)8-6-13-4-2-1-3-5-13;/h1-5,10-11H,6-9,12,21H2;1H. The molecule has 0 saturated heterocycles. The highest BCUT2D eigenvalue weighted by molar-refractivity contribution is 5.85. The minimum absolute atomic E-state index is 0. The molecule has 0 saturated carbocycles. The van der Waals surface area contributed by atoms with Gasteiger partial charge in [-0.2, -0.15) is 0 Å². The van der Waals surface area contributed by atoms with Crippen LogP contribution in [0.15, 0.2) is 42.5 Å². The van der Waals surface area contributed by atoms with E-state index in [0.717, 1.165) is 18.1 Å². The van der Waals surface area contributed by atoms with Crippen molar-refractivity contribution in [2.45, 2.75) is 13.0 Å². The maximum absolute atomic E-state index is 13.7. The van der Waals surface area contributed by atoms with E-state index in [0.29, 0.717) is 25.7 Å². The molecular weight excluding hydrogens is 325 g/mol. The summed E-state index contributed by atoms with van der Waals surface area (Å²) in [7, 11) is 0. The molecule has 0 aliphatic carbocycles. The second-order valence-electron chi connectivity index (χ2n) is 5.16. The SMILES string of the molecule is Cl.NCCN(CCc1ccccc1)Cc1cc(F)c(F)cc1F. The largest absolute Gasteiger partial charge is 0.329 e. The molecule has 2 rings (SSSR count). The molecule has 2 aromatic rings. The van der Waals surface area contributed by atoms with Crippen molar-refractivity contribution in [3.63, 3.8) is 0 Å². The Labute approximate surface area is 140 Å². The van der Waals surface area contributed by atoms with Gasteiger partial charge in [-0.25, -0.2) is 13.2 Å². The maximum Gasteiger partial charge on any atom is 0.161 e. The van der Waals surface area contributed by atoms with Crippen LogP contribution in [-0.2, 0) is 13.0 Å². The Hall–Kier alpha value is -1.56. The third kappa shape index (κ3) is 5.86. The zero-order valence-corrected chi connectivity index (χ0v) is 13.5. The topological polar surface area (TPSA) is 29.3 Å². The fraction of sp³-hybridized carbons (Fsp3) is 0.294. The molecule has 2 N–H and O–H groups in total. The van der Waals surface area contributed by atoms with Gasteiger partial charge in [0.2, 0.25) is 0 Å². The number of hydrogen-bond acceptors (Lipinski definition) is 2. The lowest BCUT2D eigenvalue weighted by Crippen LogP contribution is -2.31. The van der Waals surface area contributed by atoms with Gasteiger partial charge in [-0.3, -0.25) is 4.90 Å². The fourth-order valence-electron chi connectivity index (χ4n) is 2.31. The van der Waals surface area contributed by atoms with Crippen LogP contribution in [0.3, 0.4) is 0 Å². The van der Waals surface area contributed by atoms with Crippen molar-refractivity contribution in [1.82, 2.24) is 4.90 Å². The van der Waals surface area contributed by atoms with Gasteiger partial charge in [0.25, 0.3) is 0 Å². The Bertz CT molecular complexity index is 608. The average Bonchev–Trinajstić information content (AvgIpc) is 2.51. The highest BCUT2D eigenvalue weighted by Gasteiger charge is 2.13. The highest BCUT2D eigenvalue weighted by atomic mass is 35.5. The molecule has 6 heteroatoms. The summed E-state index contributed by atoms with van der Waals surface area (Å²) < 4.78 is 40.0. The van der Waals surface area contributed by atoms with Gasteiger partial charge < -0.3 is 5.73 Å². The molecule has 0 atom stereocenters. The van der Waals surface area contributed by atoms with E-state index in [-0.39, 0.29) is 24.5 Å². The van der Waals surface area contributed by atoms with Crippen molar-refractivity contribution in [1.29, 1.82) is 0 Å². The summed E-state index contributed by atoms with van der Waals surface area (Å²) in [4.78, 5) is 1.93. The van der Waals surface area contributed by atoms with Gasteiger partial charge in [-0.05, 0) is 18.1 Å². The first-order chi connectivity index (χ1) is 10.6. The number of hydrogen-bond donors (Lipinski definition) is 1. The molecule has 0 unspecified atom stereocenters. The van der Waals surface area contributed by atoms with Crippen molar-refractivity contribution < 1.29 is 13.2 Å². The molecule has 23 heavy (non-hydrogen) atoms. The van der Waals surface area contributed by atoms with Crippen LogP contribution in [0.1, 0.15) is 11.1 Å². The normalized spacial score (nSPS) is 10.7. The minimum Gasteiger partial charge on any atom is -0.329 e. The summed E-state index contributed by atoms with van der Waals surface area (Å²) in [5, 5.41) is 0. The van der Waals surface area contributed by atoms with E-state index in [1.165, 1.54) is 0 Å². The summed E-state index contributed by atoms with van der Waals surface area (Å²) >= 11 is 0. The fourth-order valence-corrected chi connectivity index (χ4v) is 2.31. The van der Waals surface area contributed by atoms with Gasteiger partial charge >= 0.3 is 0 Å². The second kappa shape index (κ2) is 9.55. The first-order valence-corrected chi connectivity index (χ1v) is 7.20. The third-order valence-corrected chi connectivity index (χ3v) is 3.49. The average molecular weight is 345 g/mol. The molecule has 0 aliphatic heterocycles. The molecular formula is C17H20ClF3N2. The molecule has 0 heterocycles. The Morgan fingerprint density at radius 1 is 0.870 bits per heavy atom. The van der Waals surface area contributed by atoms with Crippen molar-refractivity contribution in [3.8, 4) is 0 Å². The van der Waals surface area contributed by atoms with Crippen LogP contribution in [-0.4, -0.2) is 24.5 Å². The number of nitrogens with zero attached hydrogens (tertiary/aromatic N) is 1. The van der Waals surface area contributed by atoms with Gasteiger partial charge in [-0.1, -0.05) is 30.3 Å². The summed E-state index contributed by atoms with van der Waals surface area (Å²) in [5.74, 6) is -2.94. The Morgan fingerprint density at radius 3 is 2.17 bits per heavy atom. The lowest BCUT2D eigenvalue weighted by molar-refractivity contribution is 0.271. The van der Waals surface area contributed by atoms with Crippen LogP contribution in [0.2, 0.25) is 0 Å². The molecule has 0 aliphatic rings. The number of benzene rings is 2. The second-order valence-corrected chi connectivity index (χ2v) is 5.16.